The molecule has 2 amide bonds. The highest BCUT2D eigenvalue weighted by Crippen LogP contribution is 1.90. The Hall–Kier alpha value is -0.770. The molecule has 0 fully saturated rings. The van der Waals surface area contributed by atoms with Gasteiger partial charge >= 0.3 is 6.03 Å². The van der Waals surface area contributed by atoms with Gasteiger partial charge in [0.15, 0.2) is 0 Å². The van der Waals surface area contributed by atoms with Crippen LogP contribution in [0.15, 0.2) is 0 Å². The van der Waals surface area contributed by atoms with Crippen LogP contribution in [0.3, 0.4) is 0 Å². The summed E-state index contributed by atoms with van der Waals surface area (Å²) < 4.78 is 0. The summed E-state index contributed by atoms with van der Waals surface area (Å²) in [5.41, 5.74) is 0. The first-order valence-corrected chi connectivity index (χ1v) is 4.84. The van der Waals surface area contributed by atoms with E-state index in [0.717, 1.165) is 19.6 Å². The highest BCUT2D eigenvalue weighted by molar-refractivity contribution is 5.73. The Morgan fingerprint density at radius 3 is 2.31 bits per heavy atom. The molecule has 4 heteroatoms. The van der Waals surface area contributed by atoms with Crippen molar-refractivity contribution in [1.82, 2.24) is 15.5 Å². The number of urea groups is 1. The summed E-state index contributed by atoms with van der Waals surface area (Å²) in [6.45, 7) is 9.20. The van der Waals surface area contributed by atoms with Gasteiger partial charge in [0.25, 0.3) is 0 Å². The Morgan fingerprint density at radius 2 is 1.92 bits per heavy atom. The maximum Gasteiger partial charge on any atom is 0.314 e. The topological polar surface area (TPSA) is 44.4 Å². The minimum absolute atomic E-state index is 0.111. The molecule has 0 aliphatic rings. The van der Waals surface area contributed by atoms with Crippen molar-refractivity contribution >= 4 is 6.03 Å². The van der Waals surface area contributed by atoms with E-state index in [9.17, 15) is 4.79 Å². The fourth-order valence-corrected chi connectivity index (χ4v) is 1.21. The first-order valence-electron chi connectivity index (χ1n) is 4.84. The molecule has 0 aliphatic carbocycles. The molecule has 0 aromatic rings. The van der Waals surface area contributed by atoms with E-state index in [-0.39, 0.29) is 12.1 Å². The van der Waals surface area contributed by atoms with Gasteiger partial charge in [0, 0.05) is 19.6 Å². The molecular weight excluding hydrogens is 166 g/mol. The van der Waals surface area contributed by atoms with Crippen molar-refractivity contribution in [3.05, 3.63) is 0 Å². The van der Waals surface area contributed by atoms with Crippen LogP contribution in [0.5, 0.6) is 0 Å². The number of carbonyl (C=O) groups excluding carboxylic acids is 1. The van der Waals surface area contributed by atoms with Crippen LogP contribution < -0.4 is 10.6 Å². The Bertz CT molecular complexity index is 146. The van der Waals surface area contributed by atoms with E-state index >= 15 is 0 Å². The van der Waals surface area contributed by atoms with Gasteiger partial charge in [0.05, 0.1) is 0 Å². The molecule has 0 spiro atoms. The lowest BCUT2D eigenvalue weighted by Gasteiger charge is -2.23. The lowest BCUT2D eigenvalue weighted by molar-refractivity contribution is 0.230. The summed E-state index contributed by atoms with van der Waals surface area (Å²) in [6, 6.07) is 0.0829. The van der Waals surface area contributed by atoms with Gasteiger partial charge in [-0.05, 0) is 20.0 Å². The average molecular weight is 187 g/mol. The van der Waals surface area contributed by atoms with Crippen LogP contribution in [0, 0.1) is 0 Å². The fraction of sp³-hybridized carbons (Fsp3) is 0.889. The molecule has 0 aromatic heterocycles. The molecule has 0 saturated carbocycles. The summed E-state index contributed by atoms with van der Waals surface area (Å²) in [7, 11) is 1.62. The van der Waals surface area contributed by atoms with Crippen LogP contribution in [-0.4, -0.2) is 43.7 Å². The van der Waals surface area contributed by atoms with Gasteiger partial charge in [-0.25, -0.2) is 4.79 Å². The minimum atomic E-state index is -0.111. The van der Waals surface area contributed by atoms with Crippen LogP contribution in [0.25, 0.3) is 0 Å². The number of amides is 2. The Morgan fingerprint density at radius 1 is 1.38 bits per heavy atom. The van der Waals surface area contributed by atoms with Gasteiger partial charge in [0.1, 0.15) is 0 Å². The van der Waals surface area contributed by atoms with Crippen molar-refractivity contribution in [1.29, 1.82) is 0 Å². The smallest absolute Gasteiger partial charge is 0.314 e. The summed E-state index contributed by atoms with van der Waals surface area (Å²) in [5.74, 6) is 0. The van der Waals surface area contributed by atoms with E-state index in [0.29, 0.717) is 0 Å². The Kier molecular flexibility index (Phi) is 6.32. The van der Waals surface area contributed by atoms with Crippen LogP contribution in [0.4, 0.5) is 4.79 Å². The van der Waals surface area contributed by atoms with E-state index < -0.39 is 0 Å². The zero-order chi connectivity index (χ0) is 10.3. The second-order valence-electron chi connectivity index (χ2n) is 3.11. The molecule has 0 heterocycles. The third-order valence-electron chi connectivity index (χ3n) is 2.03. The molecule has 2 N–H and O–H groups in total. The molecule has 0 radical (unpaired) electrons. The first kappa shape index (κ1) is 12.2. The number of likely N-dealkylation sites (N-methyl/N-ethyl adjacent to an activating group) is 1. The van der Waals surface area contributed by atoms with Gasteiger partial charge in [-0.3, -0.25) is 0 Å². The van der Waals surface area contributed by atoms with E-state index in [2.05, 4.69) is 29.4 Å². The summed E-state index contributed by atoms with van der Waals surface area (Å²) in [5, 5.41) is 5.37. The standard InChI is InChI=1S/C9H21N3O/c1-5-12(6-2)7-8(3)11-9(13)10-4/h8H,5-7H2,1-4H3,(H2,10,11,13). The lowest BCUT2D eigenvalue weighted by atomic mass is 10.3. The SMILES string of the molecule is CCN(CC)CC(C)NC(=O)NC. The molecule has 0 rings (SSSR count). The van der Waals surface area contributed by atoms with Crippen molar-refractivity contribution < 1.29 is 4.79 Å². The molecule has 0 aromatic carbocycles. The van der Waals surface area contributed by atoms with E-state index in [4.69, 9.17) is 0 Å². The monoisotopic (exact) mass is 187 g/mol. The largest absolute Gasteiger partial charge is 0.341 e. The number of nitrogens with zero attached hydrogens (tertiary/aromatic N) is 1. The fourth-order valence-electron chi connectivity index (χ4n) is 1.21. The van der Waals surface area contributed by atoms with Crippen LogP contribution >= 0.6 is 0 Å². The average Bonchev–Trinajstić information content (AvgIpc) is 2.13. The number of hydrogen-bond donors (Lipinski definition) is 2. The van der Waals surface area contributed by atoms with Crippen molar-refractivity contribution in [2.24, 2.45) is 0 Å². The minimum Gasteiger partial charge on any atom is -0.341 e. The molecule has 1 unspecified atom stereocenters. The van der Waals surface area contributed by atoms with Crippen LogP contribution in [0.2, 0.25) is 0 Å². The van der Waals surface area contributed by atoms with Gasteiger partial charge in [-0.2, -0.15) is 0 Å². The van der Waals surface area contributed by atoms with Crippen molar-refractivity contribution in [3.63, 3.8) is 0 Å². The van der Waals surface area contributed by atoms with E-state index in [1.807, 2.05) is 6.92 Å². The Balaban J connectivity index is 3.71. The highest BCUT2D eigenvalue weighted by Gasteiger charge is 2.08. The molecule has 0 aliphatic heterocycles. The van der Waals surface area contributed by atoms with Gasteiger partial charge in [-0.1, -0.05) is 13.8 Å². The predicted octanol–water partition coefficient (Wildman–Crippen LogP) is 0.646. The molecule has 0 bridgehead atoms. The quantitative estimate of drug-likeness (QED) is 0.663. The number of nitrogens with one attached hydrogen (secondary N) is 2. The zero-order valence-electron chi connectivity index (χ0n) is 9.05. The molecule has 1 atom stereocenters. The number of rotatable bonds is 5. The zero-order valence-corrected chi connectivity index (χ0v) is 9.05. The van der Waals surface area contributed by atoms with Gasteiger partial charge in [0.2, 0.25) is 0 Å². The van der Waals surface area contributed by atoms with Crippen LogP contribution in [-0.2, 0) is 0 Å². The lowest BCUT2D eigenvalue weighted by Crippen LogP contribution is -2.45. The second kappa shape index (κ2) is 6.71. The summed E-state index contributed by atoms with van der Waals surface area (Å²) >= 11 is 0. The van der Waals surface area contributed by atoms with Crippen molar-refractivity contribution in [3.8, 4) is 0 Å². The molecule has 78 valence electrons. The van der Waals surface area contributed by atoms with Gasteiger partial charge in [-0.15, -0.1) is 0 Å². The number of hydrogen-bond acceptors (Lipinski definition) is 2. The third-order valence-corrected chi connectivity index (χ3v) is 2.03. The second-order valence-corrected chi connectivity index (χ2v) is 3.11. The molecule has 4 nitrogen and oxygen atoms in total. The van der Waals surface area contributed by atoms with Crippen molar-refractivity contribution in [2.75, 3.05) is 26.7 Å². The predicted molar refractivity (Wildman–Crippen MR) is 54.8 cm³/mol. The van der Waals surface area contributed by atoms with Crippen molar-refractivity contribution in [2.45, 2.75) is 26.8 Å². The number of carbonyl (C=O) groups is 1. The van der Waals surface area contributed by atoms with E-state index in [1.54, 1.807) is 7.05 Å². The molecule has 13 heavy (non-hydrogen) atoms. The normalized spacial score (nSPS) is 12.7. The van der Waals surface area contributed by atoms with E-state index in [1.165, 1.54) is 0 Å². The van der Waals surface area contributed by atoms with Gasteiger partial charge < -0.3 is 15.5 Å². The summed E-state index contributed by atoms with van der Waals surface area (Å²) in [4.78, 5) is 13.2. The Labute approximate surface area is 80.7 Å². The maximum atomic E-state index is 10.9. The summed E-state index contributed by atoms with van der Waals surface area (Å²) in [6.07, 6.45) is 0. The molecular formula is C9H21N3O. The maximum absolute atomic E-state index is 10.9. The van der Waals surface area contributed by atoms with Crippen LogP contribution in [0.1, 0.15) is 20.8 Å². The molecule has 0 saturated heterocycles. The first-order chi connectivity index (χ1) is 6.13. The third kappa shape index (κ3) is 5.47. The highest BCUT2D eigenvalue weighted by atomic mass is 16.2.